The van der Waals surface area contributed by atoms with E-state index in [0.717, 1.165) is 16.6 Å². The zero-order valence-electron chi connectivity index (χ0n) is 11.4. The van der Waals surface area contributed by atoms with Crippen molar-refractivity contribution in [2.24, 2.45) is 0 Å². The van der Waals surface area contributed by atoms with Crippen molar-refractivity contribution in [2.45, 2.75) is 12.8 Å². The number of aromatic nitrogens is 3. The molecule has 0 aliphatic carbocycles. The Morgan fingerprint density at radius 2 is 2.14 bits per heavy atom. The second kappa shape index (κ2) is 5.82. The standard InChI is InChI=1S/C12H13ClN4O3S/c1-8-3-4-10(9(13)5-8)15-12(18)11-6-14-17(16-11)7-21(2,19)20/h3-6H,7H2,1-2H3,(H,15,18). The van der Waals surface area contributed by atoms with Gasteiger partial charge in [0.1, 0.15) is 0 Å². The van der Waals surface area contributed by atoms with Gasteiger partial charge < -0.3 is 5.32 Å². The molecule has 112 valence electrons. The van der Waals surface area contributed by atoms with E-state index in [0.29, 0.717) is 10.7 Å². The van der Waals surface area contributed by atoms with E-state index in [1.165, 1.54) is 6.20 Å². The van der Waals surface area contributed by atoms with Crippen molar-refractivity contribution in [3.8, 4) is 0 Å². The van der Waals surface area contributed by atoms with Crippen LogP contribution in [0.1, 0.15) is 16.1 Å². The van der Waals surface area contributed by atoms with Crippen LogP contribution in [0.15, 0.2) is 24.4 Å². The summed E-state index contributed by atoms with van der Waals surface area (Å²) >= 11 is 6.02. The van der Waals surface area contributed by atoms with Gasteiger partial charge in [-0.3, -0.25) is 4.79 Å². The van der Waals surface area contributed by atoms with Gasteiger partial charge in [0.25, 0.3) is 5.91 Å². The van der Waals surface area contributed by atoms with E-state index in [9.17, 15) is 13.2 Å². The minimum Gasteiger partial charge on any atom is -0.319 e. The number of aryl methyl sites for hydroxylation is 1. The second-order valence-electron chi connectivity index (χ2n) is 4.59. The Balaban J connectivity index is 2.14. The van der Waals surface area contributed by atoms with Gasteiger partial charge in [0.2, 0.25) is 0 Å². The predicted molar refractivity (Wildman–Crippen MR) is 79.0 cm³/mol. The largest absolute Gasteiger partial charge is 0.319 e. The average molecular weight is 329 g/mol. The highest BCUT2D eigenvalue weighted by Gasteiger charge is 2.14. The molecule has 0 saturated carbocycles. The van der Waals surface area contributed by atoms with Crippen LogP contribution in [0.3, 0.4) is 0 Å². The monoisotopic (exact) mass is 328 g/mol. The molecule has 2 rings (SSSR count). The van der Waals surface area contributed by atoms with Gasteiger partial charge in [-0.25, -0.2) is 8.42 Å². The molecule has 21 heavy (non-hydrogen) atoms. The van der Waals surface area contributed by atoms with Gasteiger partial charge in [0.15, 0.2) is 21.4 Å². The molecule has 0 aliphatic rings. The quantitative estimate of drug-likeness (QED) is 0.917. The highest BCUT2D eigenvalue weighted by Crippen LogP contribution is 2.23. The molecule has 0 aliphatic heterocycles. The van der Waals surface area contributed by atoms with Gasteiger partial charge in [-0.15, -0.1) is 5.10 Å². The Morgan fingerprint density at radius 1 is 1.43 bits per heavy atom. The summed E-state index contributed by atoms with van der Waals surface area (Å²) < 4.78 is 22.3. The Bertz CT molecular complexity index is 786. The third-order valence-electron chi connectivity index (χ3n) is 2.49. The number of nitrogens with one attached hydrogen (secondary N) is 1. The molecule has 1 N–H and O–H groups in total. The SMILES string of the molecule is Cc1ccc(NC(=O)c2cnn(CS(C)(=O)=O)n2)c(Cl)c1. The number of nitrogens with zero attached hydrogens (tertiary/aromatic N) is 3. The molecular weight excluding hydrogens is 316 g/mol. The summed E-state index contributed by atoms with van der Waals surface area (Å²) in [5.41, 5.74) is 1.43. The fourth-order valence-corrected chi connectivity index (χ4v) is 2.41. The molecule has 7 nitrogen and oxygen atoms in total. The Hall–Kier alpha value is -1.93. The lowest BCUT2D eigenvalue weighted by molar-refractivity contribution is 0.102. The summed E-state index contributed by atoms with van der Waals surface area (Å²) in [6.45, 7) is 1.88. The topological polar surface area (TPSA) is 94.0 Å². The molecular formula is C12H13ClN4O3S. The number of hydrogen-bond acceptors (Lipinski definition) is 5. The zero-order chi connectivity index (χ0) is 15.6. The van der Waals surface area contributed by atoms with Crippen molar-refractivity contribution in [3.63, 3.8) is 0 Å². The summed E-state index contributed by atoms with van der Waals surface area (Å²) in [6, 6.07) is 5.20. The maximum Gasteiger partial charge on any atom is 0.277 e. The van der Waals surface area contributed by atoms with E-state index >= 15 is 0 Å². The number of amides is 1. The van der Waals surface area contributed by atoms with Gasteiger partial charge in [-0.05, 0) is 24.6 Å². The molecule has 9 heteroatoms. The second-order valence-corrected chi connectivity index (χ2v) is 7.11. The van der Waals surface area contributed by atoms with Gasteiger partial charge in [-0.2, -0.15) is 9.90 Å². The van der Waals surface area contributed by atoms with Crippen LogP contribution in [0.2, 0.25) is 5.02 Å². The first-order valence-corrected chi connectivity index (χ1v) is 8.34. The van der Waals surface area contributed by atoms with Gasteiger partial charge >= 0.3 is 0 Å². The summed E-state index contributed by atoms with van der Waals surface area (Å²) in [4.78, 5) is 12.9. The van der Waals surface area contributed by atoms with Crippen LogP contribution in [0, 0.1) is 6.92 Å². The average Bonchev–Trinajstić information content (AvgIpc) is 2.78. The molecule has 1 amide bonds. The van der Waals surface area contributed by atoms with Crippen LogP contribution in [-0.4, -0.2) is 35.6 Å². The maximum atomic E-state index is 12.0. The van der Waals surface area contributed by atoms with Gasteiger partial charge in [0.05, 0.1) is 16.9 Å². The number of hydrogen-bond donors (Lipinski definition) is 1. The van der Waals surface area contributed by atoms with Crippen molar-refractivity contribution in [1.82, 2.24) is 15.0 Å². The fourth-order valence-electron chi connectivity index (χ4n) is 1.58. The van der Waals surface area contributed by atoms with Crippen LogP contribution in [0.25, 0.3) is 0 Å². The molecule has 2 aromatic rings. The Kier molecular flexibility index (Phi) is 4.29. The molecule has 1 aromatic carbocycles. The summed E-state index contributed by atoms with van der Waals surface area (Å²) in [5, 5.41) is 10.5. The molecule has 0 saturated heterocycles. The van der Waals surface area contributed by atoms with Crippen LogP contribution in [-0.2, 0) is 15.7 Å². The van der Waals surface area contributed by atoms with Crippen LogP contribution >= 0.6 is 11.6 Å². The molecule has 0 fully saturated rings. The molecule has 0 radical (unpaired) electrons. The number of carbonyl (C=O) groups is 1. The van der Waals surface area contributed by atoms with Gasteiger partial charge in [0, 0.05) is 6.26 Å². The molecule has 1 aromatic heterocycles. The van der Waals surface area contributed by atoms with Crippen molar-refractivity contribution in [2.75, 3.05) is 11.6 Å². The van der Waals surface area contributed by atoms with Crippen molar-refractivity contribution in [1.29, 1.82) is 0 Å². The van der Waals surface area contributed by atoms with Crippen LogP contribution in [0.4, 0.5) is 5.69 Å². The lowest BCUT2D eigenvalue weighted by Gasteiger charge is -2.06. The number of carbonyl (C=O) groups excluding carboxylic acids is 1. The molecule has 0 unspecified atom stereocenters. The number of sulfone groups is 1. The normalized spacial score (nSPS) is 11.4. The van der Waals surface area contributed by atoms with E-state index in [1.54, 1.807) is 12.1 Å². The fraction of sp³-hybridized carbons (Fsp3) is 0.250. The first kappa shape index (κ1) is 15.5. The maximum absolute atomic E-state index is 12.0. The van der Waals surface area contributed by atoms with Crippen LogP contribution in [0.5, 0.6) is 0 Å². The Morgan fingerprint density at radius 3 is 2.76 bits per heavy atom. The molecule has 1 heterocycles. The first-order valence-electron chi connectivity index (χ1n) is 5.90. The minimum atomic E-state index is -3.27. The van der Waals surface area contributed by atoms with Crippen molar-refractivity contribution >= 4 is 33.0 Å². The Labute approximate surface area is 126 Å². The molecule has 0 atom stereocenters. The predicted octanol–water partition coefficient (Wildman–Crippen LogP) is 1.49. The number of rotatable bonds is 4. The van der Waals surface area contributed by atoms with E-state index in [4.69, 9.17) is 11.6 Å². The summed E-state index contributed by atoms with van der Waals surface area (Å²) in [7, 11) is -3.27. The molecule has 0 bridgehead atoms. The van der Waals surface area contributed by atoms with Crippen LogP contribution < -0.4 is 5.32 Å². The highest BCUT2D eigenvalue weighted by atomic mass is 35.5. The molecule has 0 spiro atoms. The first-order chi connectivity index (χ1) is 9.74. The van der Waals surface area contributed by atoms with E-state index in [-0.39, 0.29) is 11.6 Å². The van der Waals surface area contributed by atoms with E-state index < -0.39 is 15.7 Å². The number of benzene rings is 1. The summed E-state index contributed by atoms with van der Waals surface area (Å²) in [6.07, 6.45) is 2.25. The minimum absolute atomic E-state index is 0.00953. The zero-order valence-corrected chi connectivity index (χ0v) is 12.9. The highest BCUT2D eigenvalue weighted by molar-refractivity contribution is 7.89. The van der Waals surface area contributed by atoms with E-state index in [1.807, 2.05) is 13.0 Å². The summed E-state index contributed by atoms with van der Waals surface area (Å²) in [5.74, 6) is -0.897. The number of anilines is 1. The number of halogens is 1. The third-order valence-corrected chi connectivity index (χ3v) is 3.50. The lowest BCUT2D eigenvalue weighted by atomic mass is 10.2. The van der Waals surface area contributed by atoms with E-state index in [2.05, 4.69) is 15.5 Å². The van der Waals surface area contributed by atoms with Gasteiger partial charge in [-0.1, -0.05) is 17.7 Å². The van der Waals surface area contributed by atoms with Crippen molar-refractivity contribution < 1.29 is 13.2 Å². The third kappa shape index (κ3) is 4.27. The van der Waals surface area contributed by atoms with Crippen molar-refractivity contribution in [3.05, 3.63) is 40.7 Å². The lowest BCUT2D eigenvalue weighted by Crippen LogP contribution is -2.15. The smallest absolute Gasteiger partial charge is 0.277 e.